The van der Waals surface area contributed by atoms with Crippen molar-refractivity contribution in [3.8, 4) is 0 Å². The smallest absolute Gasteiger partial charge is 0.303 e. The van der Waals surface area contributed by atoms with E-state index in [-0.39, 0.29) is 12.5 Å². The van der Waals surface area contributed by atoms with E-state index in [4.69, 9.17) is 14.6 Å². The monoisotopic (exact) mass is 322 g/mol. The van der Waals surface area contributed by atoms with Crippen molar-refractivity contribution in [2.75, 3.05) is 0 Å². The van der Waals surface area contributed by atoms with Crippen molar-refractivity contribution in [1.29, 1.82) is 0 Å². The molecule has 23 heavy (non-hydrogen) atoms. The third kappa shape index (κ3) is 4.57. The first-order chi connectivity index (χ1) is 11.2. The van der Waals surface area contributed by atoms with Crippen molar-refractivity contribution in [2.24, 2.45) is 5.92 Å². The molecule has 2 saturated heterocycles. The van der Waals surface area contributed by atoms with Gasteiger partial charge in [0.05, 0.1) is 24.4 Å². The molecule has 0 aromatic rings. The Morgan fingerprint density at radius 3 is 2.65 bits per heavy atom. The maximum Gasteiger partial charge on any atom is 0.303 e. The van der Waals surface area contributed by atoms with Crippen molar-refractivity contribution >= 4 is 5.97 Å². The van der Waals surface area contributed by atoms with Crippen LogP contribution in [0.5, 0.6) is 0 Å². The summed E-state index contributed by atoms with van der Waals surface area (Å²) in [7, 11) is 0. The fraction of sp³-hybridized carbons (Fsp3) is 0.842. The van der Waals surface area contributed by atoms with Crippen molar-refractivity contribution in [2.45, 2.75) is 95.0 Å². The van der Waals surface area contributed by atoms with Gasteiger partial charge in [0.1, 0.15) is 0 Å². The Morgan fingerprint density at radius 1 is 1.09 bits per heavy atom. The predicted molar refractivity (Wildman–Crippen MR) is 88.4 cm³/mol. The molecular formula is C19H30O4. The number of ether oxygens (including phenoxy) is 2. The molecule has 1 aliphatic carbocycles. The number of unbranched alkanes of at least 4 members (excludes halogenated alkanes) is 1. The average Bonchev–Trinajstić information content (AvgIpc) is 3.14. The predicted octanol–water partition coefficient (Wildman–Crippen LogP) is 4.08. The van der Waals surface area contributed by atoms with Gasteiger partial charge in [0.2, 0.25) is 0 Å². The largest absolute Gasteiger partial charge is 0.481 e. The first-order valence-corrected chi connectivity index (χ1v) is 9.42. The molecule has 130 valence electrons. The molecule has 0 radical (unpaired) electrons. The molecule has 3 rings (SSSR count). The van der Waals surface area contributed by atoms with E-state index in [1.807, 2.05) is 0 Å². The number of carbonyl (C=O) groups is 1. The third-order valence-corrected chi connectivity index (χ3v) is 5.59. The number of allylic oxidation sites excluding steroid dienone is 2. The fourth-order valence-corrected chi connectivity index (χ4v) is 4.37. The Labute approximate surface area is 139 Å². The molecule has 4 nitrogen and oxygen atoms in total. The summed E-state index contributed by atoms with van der Waals surface area (Å²) in [6, 6.07) is 0. The molecule has 1 N–H and O–H groups in total. The lowest BCUT2D eigenvalue weighted by atomic mass is 9.83. The standard InChI is InChI=1S/C19H30O4/c20-18(21)11-7-2-1-6-10-15-16-12-13-17(23-16)19(15)22-14-8-4-3-5-9-14/h1,6,14-17,19H,2-5,7-13H2,(H,20,21)/t15-,16+,17-,19-/m0/s1. The van der Waals surface area contributed by atoms with Crippen LogP contribution in [-0.4, -0.2) is 35.5 Å². The van der Waals surface area contributed by atoms with Crippen LogP contribution < -0.4 is 0 Å². The second kappa shape index (κ2) is 8.29. The molecule has 0 aromatic heterocycles. The van der Waals surface area contributed by atoms with Gasteiger partial charge in [-0.3, -0.25) is 4.79 Å². The maximum absolute atomic E-state index is 10.5. The van der Waals surface area contributed by atoms with Crippen LogP contribution in [0.3, 0.4) is 0 Å². The van der Waals surface area contributed by atoms with Gasteiger partial charge in [-0.25, -0.2) is 0 Å². The Kier molecular flexibility index (Phi) is 6.12. The molecule has 4 atom stereocenters. The molecule has 2 aliphatic heterocycles. The molecule has 2 heterocycles. The van der Waals surface area contributed by atoms with Crippen LogP contribution in [-0.2, 0) is 14.3 Å². The van der Waals surface area contributed by atoms with Gasteiger partial charge in [0, 0.05) is 12.3 Å². The second-order valence-electron chi connectivity index (χ2n) is 7.31. The zero-order chi connectivity index (χ0) is 16.1. The molecule has 3 aliphatic rings. The molecule has 1 saturated carbocycles. The number of fused-ring (bicyclic) bond motifs is 2. The van der Waals surface area contributed by atoms with Gasteiger partial charge in [-0.05, 0) is 44.9 Å². The van der Waals surface area contributed by atoms with E-state index in [0.29, 0.717) is 24.2 Å². The van der Waals surface area contributed by atoms with E-state index in [9.17, 15) is 4.79 Å². The summed E-state index contributed by atoms with van der Waals surface area (Å²) in [4.78, 5) is 10.5. The van der Waals surface area contributed by atoms with Gasteiger partial charge in [0.15, 0.2) is 0 Å². The van der Waals surface area contributed by atoms with Crippen molar-refractivity contribution < 1.29 is 19.4 Å². The minimum atomic E-state index is -0.708. The summed E-state index contributed by atoms with van der Waals surface area (Å²) >= 11 is 0. The first-order valence-electron chi connectivity index (χ1n) is 9.42. The van der Waals surface area contributed by atoms with Crippen LogP contribution in [0.4, 0.5) is 0 Å². The Morgan fingerprint density at radius 2 is 1.87 bits per heavy atom. The normalized spacial score (nSPS) is 34.4. The lowest BCUT2D eigenvalue weighted by Gasteiger charge is -2.32. The minimum absolute atomic E-state index is 0.259. The molecule has 0 spiro atoms. The molecule has 0 aromatic carbocycles. The Hall–Kier alpha value is -0.870. The van der Waals surface area contributed by atoms with Crippen molar-refractivity contribution in [1.82, 2.24) is 0 Å². The Bertz CT molecular complexity index is 414. The molecule has 3 fully saturated rings. The molecule has 2 bridgehead atoms. The lowest BCUT2D eigenvalue weighted by Crippen LogP contribution is -2.38. The summed E-state index contributed by atoms with van der Waals surface area (Å²) in [6.45, 7) is 0. The number of rotatable bonds is 8. The summed E-state index contributed by atoms with van der Waals surface area (Å²) in [5.41, 5.74) is 0. The summed E-state index contributed by atoms with van der Waals surface area (Å²) in [6.07, 6.45) is 17.3. The number of carboxylic acid groups (broad SMARTS) is 1. The first kappa shape index (κ1) is 17.0. The highest BCUT2D eigenvalue weighted by molar-refractivity contribution is 5.66. The van der Waals surface area contributed by atoms with Gasteiger partial charge >= 0.3 is 5.97 Å². The summed E-state index contributed by atoms with van der Waals surface area (Å²) in [5, 5.41) is 8.65. The zero-order valence-corrected chi connectivity index (χ0v) is 14.0. The summed E-state index contributed by atoms with van der Waals surface area (Å²) in [5.74, 6) is -0.216. The van der Waals surface area contributed by atoms with E-state index in [1.54, 1.807) is 0 Å². The highest BCUT2D eigenvalue weighted by Gasteiger charge is 2.49. The SMILES string of the molecule is O=C(O)CCCC=CC[C@@H]1[C@H](OC2CCCCC2)[C@@H]2CC[C@H]1O2. The molecule has 0 amide bonds. The lowest BCUT2D eigenvalue weighted by molar-refractivity contribution is -0.137. The van der Waals surface area contributed by atoms with Gasteiger partial charge in [-0.15, -0.1) is 0 Å². The molecule has 4 heteroatoms. The van der Waals surface area contributed by atoms with Crippen LogP contribution in [0.1, 0.15) is 70.6 Å². The van der Waals surface area contributed by atoms with E-state index < -0.39 is 5.97 Å². The molecular weight excluding hydrogens is 292 g/mol. The summed E-state index contributed by atoms with van der Waals surface area (Å²) < 4.78 is 12.6. The quantitative estimate of drug-likeness (QED) is 0.540. The van der Waals surface area contributed by atoms with Gasteiger partial charge in [-0.1, -0.05) is 31.4 Å². The zero-order valence-electron chi connectivity index (χ0n) is 14.0. The van der Waals surface area contributed by atoms with E-state index in [2.05, 4.69) is 12.2 Å². The van der Waals surface area contributed by atoms with Gasteiger partial charge < -0.3 is 14.6 Å². The second-order valence-corrected chi connectivity index (χ2v) is 7.31. The van der Waals surface area contributed by atoms with Crippen LogP contribution in [0.2, 0.25) is 0 Å². The van der Waals surface area contributed by atoms with Crippen LogP contribution >= 0.6 is 0 Å². The minimum Gasteiger partial charge on any atom is -0.481 e. The van der Waals surface area contributed by atoms with E-state index in [1.165, 1.54) is 38.5 Å². The van der Waals surface area contributed by atoms with Gasteiger partial charge in [0.25, 0.3) is 0 Å². The van der Waals surface area contributed by atoms with Crippen molar-refractivity contribution in [3.63, 3.8) is 0 Å². The number of hydrogen-bond donors (Lipinski definition) is 1. The highest BCUT2D eigenvalue weighted by Crippen LogP contribution is 2.43. The van der Waals surface area contributed by atoms with Crippen molar-refractivity contribution in [3.05, 3.63) is 12.2 Å². The average molecular weight is 322 g/mol. The molecule has 0 unspecified atom stereocenters. The van der Waals surface area contributed by atoms with Gasteiger partial charge in [-0.2, -0.15) is 0 Å². The van der Waals surface area contributed by atoms with Crippen LogP contribution in [0.15, 0.2) is 12.2 Å². The fourth-order valence-electron chi connectivity index (χ4n) is 4.37. The van der Waals surface area contributed by atoms with E-state index in [0.717, 1.165) is 25.7 Å². The Balaban J connectivity index is 1.46. The third-order valence-electron chi connectivity index (χ3n) is 5.59. The highest BCUT2D eigenvalue weighted by atomic mass is 16.6. The number of carboxylic acids is 1. The number of hydrogen-bond acceptors (Lipinski definition) is 3. The number of aliphatic carboxylic acids is 1. The van der Waals surface area contributed by atoms with Crippen LogP contribution in [0.25, 0.3) is 0 Å². The maximum atomic E-state index is 10.5. The van der Waals surface area contributed by atoms with E-state index >= 15 is 0 Å². The topological polar surface area (TPSA) is 55.8 Å². The van der Waals surface area contributed by atoms with Crippen LogP contribution in [0, 0.1) is 5.92 Å².